The van der Waals surface area contributed by atoms with Gasteiger partial charge < -0.3 is 15.2 Å². The van der Waals surface area contributed by atoms with Gasteiger partial charge >= 0.3 is 0 Å². The lowest BCUT2D eigenvalue weighted by Crippen LogP contribution is -2.47. The topological polar surface area (TPSA) is 44.7 Å². The van der Waals surface area contributed by atoms with E-state index in [1.807, 2.05) is 26.0 Å². The molecule has 0 aliphatic carbocycles. The summed E-state index contributed by atoms with van der Waals surface area (Å²) in [6.07, 6.45) is -0.468. The van der Waals surface area contributed by atoms with Gasteiger partial charge in [-0.25, -0.2) is 0 Å². The minimum absolute atomic E-state index is 0.310. The number of aliphatic hydroxyl groups is 1. The van der Waals surface area contributed by atoms with Crippen LogP contribution in [0.15, 0.2) is 12.1 Å². The zero-order chi connectivity index (χ0) is 14.5. The molecule has 2 N–H and O–H groups in total. The predicted molar refractivity (Wildman–Crippen MR) is 81.7 cm³/mol. The number of rotatable bonds is 5. The lowest BCUT2D eigenvalue weighted by atomic mass is 10.1. The SMILES string of the molecule is Cc1cc(OCC(O)CN2CCNCC2)cc(C)c1Cl. The number of β-amino-alcohol motifs (C(OH)–C–C–N with tert-alkyl or cyclic N) is 1. The second-order valence-corrected chi connectivity index (χ2v) is 5.76. The number of hydrogen-bond donors (Lipinski definition) is 2. The standard InChI is InChI=1S/C15H23ClN2O2/c1-11-7-14(8-12(2)15(11)16)20-10-13(19)9-18-5-3-17-4-6-18/h7-8,13,17,19H,3-6,9-10H2,1-2H3. The first kappa shape index (κ1) is 15.6. The van der Waals surface area contributed by atoms with Gasteiger partial charge in [-0.3, -0.25) is 4.90 Å². The number of aliphatic hydroxyl groups excluding tert-OH is 1. The van der Waals surface area contributed by atoms with Crippen molar-refractivity contribution in [2.24, 2.45) is 0 Å². The first-order chi connectivity index (χ1) is 9.56. The summed E-state index contributed by atoms with van der Waals surface area (Å²) in [5.41, 5.74) is 2.00. The van der Waals surface area contributed by atoms with Gasteiger partial charge in [0.2, 0.25) is 0 Å². The van der Waals surface area contributed by atoms with Gasteiger partial charge in [-0.2, -0.15) is 0 Å². The molecule has 0 spiro atoms. The Bertz CT molecular complexity index is 424. The molecule has 1 aromatic rings. The number of benzene rings is 1. The predicted octanol–water partition coefficient (Wildman–Crippen LogP) is 1.60. The quantitative estimate of drug-likeness (QED) is 0.867. The number of halogens is 1. The molecular formula is C15H23ClN2O2. The Kier molecular flexibility index (Phi) is 5.66. The Morgan fingerprint density at radius 2 is 1.90 bits per heavy atom. The highest BCUT2D eigenvalue weighted by molar-refractivity contribution is 6.32. The van der Waals surface area contributed by atoms with Crippen LogP contribution in [0.1, 0.15) is 11.1 Å². The Morgan fingerprint density at radius 1 is 1.30 bits per heavy atom. The van der Waals surface area contributed by atoms with Crippen molar-refractivity contribution in [2.75, 3.05) is 39.3 Å². The van der Waals surface area contributed by atoms with Crippen LogP contribution in [0.3, 0.4) is 0 Å². The third-order valence-corrected chi connectivity index (χ3v) is 4.13. The van der Waals surface area contributed by atoms with Crippen LogP contribution in [0.4, 0.5) is 0 Å². The molecule has 0 amide bonds. The van der Waals surface area contributed by atoms with Crippen LogP contribution in [0.25, 0.3) is 0 Å². The summed E-state index contributed by atoms with van der Waals surface area (Å²) in [7, 11) is 0. The Labute approximate surface area is 125 Å². The average Bonchev–Trinajstić information content (AvgIpc) is 2.43. The van der Waals surface area contributed by atoms with Gasteiger partial charge in [-0.05, 0) is 37.1 Å². The fraction of sp³-hybridized carbons (Fsp3) is 0.600. The lowest BCUT2D eigenvalue weighted by molar-refractivity contribution is 0.0641. The third kappa shape index (κ3) is 4.35. The maximum absolute atomic E-state index is 10.0. The second kappa shape index (κ2) is 7.27. The number of ether oxygens (including phenoxy) is 1. The average molecular weight is 299 g/mol. The molecule has 20 heavy (non-hydrogen) atoms. The molecule has 1 heterocycles. The molecule has 0 aromatic heterocycles. The minimum atomic E-state index is -0.468. The van der Waals surface area contributed by atoms with E-state index in [1.54, 1.807) is 0 Å². The van der Waals surface area contributed by atoms with Crippen molar-refractivity contribution < 1.29 is 9.84 Å². The summed E-state index contributed by atoms with van der Waals surface area (Å²) >= 11 is 6.12. The summed E-state index contributed by atoms with van der Waals surface area (Å²) in [6, 6.07) is 3.82. The van der Waals surface area contributed by atoms with Crippen LogP contribution in [-0.4, -0.2) is 55.4 Å². The van der Waals surface area contributed by atoms with Crippen molar-refractivity contribution in [1.29, 1.82) is 0 Å². The van der Waals surface area contributed by atoms with Gasteiger partial charge in [-0.1, -0.05) is 11.6 Å². The number of nitrogens with zero attached hydrogens (tertiary/aromatic N) is 1. The number of aryl methyl sites for hydroxylation is 2. The van der Waals surface area contributed by atoms with Crippen LogP contribution < -0.4 is 10.1 Å². The van der Waals surface area contributed by atoms with E-state index in [0.717, 1.165) is 48.1 Å². The first-order valence-corrected chi connectivity index (χ1v) is 7.44. The molecule has 1 fully saturated rings. The molecule has 0 radical (unpaired) electrons. The summed E-state index contributed by atoms with van der Waals surface area (Å²) in [4.78, 5) is 2.25. The van der Waals surface area contributed by atoms with E-state index in [4.69, 9.17) is 16.3 Å². The number of piperazine rings is 1. The van der Waals surface area contributed by atoms with Gasteiger partial charge in [-0.15, -0.1) is 0 Å². The van der Waals surface area contributed by atoms with E-state index in [-0.39, 0.29) is 0 Å². The van der Waals surface area contributed by atoms with E-state index in [2.05, 4.69) is 10.2 Å². The van der Waals surface area contributed by atoms with Gasteiger partial charge in [0.05, 0.1) is 0 Å². The zero-order valence-electron chi connectivity index (χ0n) is 12.2. The summed E-state index contributed by atoms with van der Waals surface area (Å²) in [5, 5.41) is 14.1. The molecule has 1 unspecified atom stereocenters. The Morgan fingerprint density at radius 3 is 2.50 bits per heavy atom. The molecule has 112 valence electrons. The number of nitrogens with one attached hydrogen (secondary N) is 1. The van der Waals surface area contributed by atoms with E-state index < -0.39 is 6.10 Å². The molecular weight excluding hydrogens is 276 g/mol. The molecule has 1 aromatic carbocycles. The van der Waals surface area contributed by atoms with Crippen molar-refractivity contribution in [1.82, 2.24) is 10.2 Å². The smallest absolute Gasteiger partial charge is 0.120 e. The molecule has 1 saturated heterocycles. The summed E-state index contributed by atoms with van der Waals surface area (Å²) in [6.45, 7) is 8.83. The molecule has 1 aliphatic rings. The number of hydrogen-bond acceptors (Lipinski definition) is 4. The van der Waals surface area contributed by atoms with Gasteiger partial charge in [0, 0.05) is 37.7 Å². The lowest BCUT2D eigenvalue weighted by Gasteiger charge is -2.29. The Balaban J connectivity index is 1.82. The molecule has 1 atom stereocenters. The van der Waals surface area contributed by atoms with E-state index in [0.29, 0.717) is 13.2 Å². The van der Waals surface area contributed by atoms with E-state index >= 15 is 0 Å². The van der Waals surface area contributed by atoms with Crippen LogP contribution in [0.2, 0.25) is 5.02 Å². The fourth-order valence-corrected chi connectivity index (χ4v) is 2.54. The highest BCUT2D eigenvalue weighted by atomic mass is 35.5. The van der Waals surface area contributed by atoms with Crippen molar-refractivity contribution in [2.45, 2.75) is 20.0 Å². The highest BCUT2D eigenvalue weighted by Gasteiger charge is 2.15. The van der Waals surface area contributed by atoms with Crippen molar-refractivity contribution >= 4 is 11.6 Å². The van der Waals surface area contributed by atoms with Crippen molar-refractivity contribution in [3.05, 3.63) is 28.3 Å². The molecule has 0 bridgehead atoms. The van der Waals surface area contributed by atoms with Crippen LogP contribution in [0.5, 0.6) is 5.75 Å². The van der Waals surface area contributed by atoms with Gasteiger partial charge in [0.1, 0.15) is 18.5 Å². The molecule has 0 saturated carbocycles. The summed E-state index contributed by atoms with van der Waals surface area (Å²) < 4.78 is 5.68. The van der Waals surface area contributed by atoms with E-state index in [1.165, 1.54) is 0 Å². The molecule has 5 heteroatoms. The molecule has 2 rings (SSSR count). The maximum atomic E-state index is 10.0. The fourth-order valence-electron chi connectivity index (χ4n) is 2.43. The van der Waals surface area contributed by atoms with Crippen LogP contribution >= 0.6 is 11.6 Å². The van der Waals surface area contributed by atoms with Gasteiger partial charge in [0.25, 0.3) is 0 Å². The first-order valence-electron chi connectivity index (χ1n) is 7.07. The van der Waals surface area contributed by atoms with Crippen LogP contribution in [-0.2, 0) is 0 Å². The van der Waals surface area contributed by atoms with Gasteiger partial charge in [0.15, 0.2) is 0 Å². The molecule has 1 aliphatic heterocycles. The normalized spacial score (nSPS) is 18.0. The monoisotopic (exact) mass is 298 g/mol. The minimum Gasteiger partial charge on any atom is -0.491 e. The van der Waals surface area contributed by atoms with Crippen molar-refractivity contribution in [3.63, 3.8) is 0 Å². The second-order valence-electron chi connectivity index (χ2n) is 5.39. The van der Waals surface area contributed by atoms with Crippen LogP contribution in [0, 0.1) is 13.8 Å². The highest BCUT2D eigenvalue weighted by Crippen LogP contribution is 2.25. The van der Waals surface area contributed by atoms with E-state index in [9.17, 15) is 5.11 Å². The maximum Gasteiger partial charge on any atom is 0.120 e. The molecule has 4 nitrogen and oxygen atoms in total. The van der Waals surface area contributed by atoms with Crippen molar-refractivity contribution in [3.8, 4) is 5.75 Å². The third-order valence-electron chi connectivity index (χ3n) is 3.53. The zero-order valence-corrected chi connectivity index (χ0v) is 12.9. The summed E-state index contributed by atoms with van der Waals surface area (Å²) in [5.74, 6) is 0.767. The Hall–Kier alpha value is -0.810. The largest absolute Gasteiger partial charge is 0.491 e.